The molecule has 0 atom stereocenters. The minimum Gasteiger partial charge on any atom is -0.507 e. The summed E-state index contributed by atoms with van der Waals surface area (Å²) in [5.74, 6) is 0.413. The quantitative estimate of drug-likeness (QED) is 0.703. The summed E-state index contributed by atoms with van der Waals surface area (Å²) in [4.78, 5) is 3.23. The predicted molar refractivity (Wildman–Crippen MR) is 100 cm³/mol. The van der Waals surface area contributed by atoms with E-state index in [4.69, 9.17) is 0 Å². The Hall–Kier alpha value is -1.36. The average Bonchev–Trinajstić information content (AvgIpc) is 2.60. The molecule has 1 aliphatic heterocycles. The number of aryl methyl sites for hydroxylation is 1. The van der Waals surface area contributed by atoms with E-state index in [1.807, 2.05) is 12.1 Å². The minimum absolute atomic E-state index is 0.413. The molecule has 0 amide bonds. The molecule has 4 heteroatoms. The number of hydrogen-bond donors (Lipinski definition) is 3. The van der Waals surface area contributed by atoms with Crippen molar-refractivity contribution in [3.63, 3.8) is 0 Å². The van der Waals surface area contributed by atoms with E-state index in [0.29, 0.717) is 5.75 Å². The maximum absolute atomic E-state index is 10.0. The van der Waals surface area contributed by atoms with Gasteiger partial charge in [-0.3, -0.25) is 0 Å². The second-order valence-electron chi connectivity index (χ2n) is 6.80. The van der Waals surface area contributed by atoms with Crippen molar-refractivity contribution in [2.75, 3.05) is 26.2 Å². The van der Waals surface area contributed by atoms with Crippen LogP contribution >= 0.6 is 15.9 Å². The second-order valence-corrected chi connectivity index (χ2v) is 7.71. The highest BCUT2D eigenvalue weighted by Crippen LogP contribution is 2.20. The SMILES string of the molecule is CCc1ccc(C[NH+]2CC[NH+](Cc3cc(Br)ccc3O)CC2)cc1. The number of halogens is 1. The van der Waals surface area contributed by atoms with Crippen molar-refractivity contribution in [1.82, 2.24) is 0 Å². The molecule has 3 nitrogen and oxygen atoms in total. The Balaban J connectivity index is 1.51. The summed E-state index contributed by atoms with van der Waals surface area (Å²) in [5.41, 5.74) is 3.89. The van der Waals surface area contributed by atoms with Crippen molar-refractivity contribution < 1.29 is 14.9 Å². The van der Waals surface area contributed by atoms with Gasteiger partial charge in [-0.25, -0.2) is 0 Å². The molecule has 0 saturated carbocycles. The van der Waals surface area contributed by atoms with Crippen LogP contribution in [-0.4, -0.2) is 31.3 Å². The highest BCUT2D eigenvalue weighted by atomic mass is 79.9. The van der Waals surface area contributed by atoms with Gasteiger partial charge in [-0.05, 0) is 30.2 Å². The van der Waals surface area contributed by atoms with E-state index in [-0.39, 0.29) is 0 Å². The molecule has 128 valence electrons. The summed E-state index contributed by atoms with van der Waals surface area (Å²) in [6.45, 7) is 8.94. The number of benzene rings is 2. The topological polar surface area (TPSA) is 29.1 Å². The van der Waals surface area contributed by atoms with Crippen LogP contribution in [0, 0.1) is 0 Å². The number of hydrogen-bond acceptors (Lipinski definition) is 1. The molecule has 0 aromatic heterocycles. The highest BCUT2D eigenvalue weighted by molar-refractivity contribution is 9.10. The van der Waals surface area contributed by atoms with E-state index >= 15 is 0 Å². The summed E-state index contributed by atoms with van der Waals surface area (Å²) in [6.07, 6.45) is 1.11. The first-order valence-electron chi connectivity index (χ1n) is 8.86. The molecule has 1 saturated heterocycles. The van der Waals surface area contributed by atoms with Gasteiger partial charge in [-0.15, -0.1) is 0 Å². The standard InChI is InChI=1S/C20H25BrN2O/c1-2-16-3-5-17(6-4-16)14-22-9-11-23(12-10-22)15-18-13-19(21)7-8-20(18)24/h3-8,13,24H,2,9-12,14-15H2,1H3/p+2. The molecule has 0 radical (unpaired) electrons. The van der Waals surface area contributed by atoms with E-state index in [2.05, 4.69) is 47.1 Å². The molecule has 3 N–H and O–H groups in total. The van der Waals surface area contributed by atoms with Gasteiger partial charge in [0.1, 0.15) is 45.0 Å². The van der Waals surface area contributed by atoms with Gasteiger partial charge in [0.05, 0.1) is 0 Å². The van der Waals surface area contributed by atoms with E-state index in [1.165, 1.54) is 24.2 Å². The largest absolute Gasteiger partial charge is 0.507 e. The molecular formula is C20H27BrN2O+2. The van der Waals surface area contributed by atoms with Crippen LogP contribution < -0.4 is 9.80 Å². The van der Waals surface area contributed by atoms with Gasteiger partial charge in [-0.1, -0.05) is 47.1 Å². The minimum atomic E-state index is 0.413. The van der Waals surface area contributed by atoms with Gasteiger partial charge in [0.2, 0.25) is 0 Å². The highest BCUT2D eigenvalue weighted by Gasteiger charge is 2.23. The molecule has 1 fully saturated rings. The summed E-state index contributed by atoms with van der Waals surface area (Å²) >= 11 is 3.49. The van der Waals surface area contributed by atoms with E-state index in [9.17, 15) is 5.11 Å². The van der Waals surface area contributed by atoms with Crippen LogP contribution in [0.25, 0.3) is 0 Å². The predicted octanol–water partition coefficient (Wildman–Crippen LogP) is 1.20. The summed E-state index contributed by atoms with van der Waals surface area (Å²) in [6, 6.07) is 14.8. The van der Waals surface area contributed by atoms with Gasteiger partial charge < -0.3 is 14.9 Å². The van der Waals surface area contributed by atoms with Gasteiger partial charge in [0.15, 0.2) is 0 Å². The summed E-state index contributed by atoms with van der Waals surface area (Å²) in [5, 5.41) is 10.0. The Morgan fingerprint density at radius 1 is 0.875 bits per heavy atom. The number of rotatable bonds is 5. The van der Waals surface area contributed by atoms with Gasteiger partial charge in [-0.2, -0.15) is 0 Å². The van der Waals surface area contributed by atoms with Crippen LogP contribution in [0.4, 0.5) is 0 Å². The molecule has 24 heavy (non-hydrogen) atoms. The third kappa shape index (κ3) is 4.59. The maximum Gasteiger partial charge on any atom is 0.127 e. The summed E-state index contributed by atoms with van der Waals surface area (Å²) < 4.78 is 1.04. The fourth-order valence-corrected chi connectivity index (χ4v) is 3.87. The Kier molecular flexibility index (Phi) is 5.93. The van der Waals surface area contributed by atoms with E-state index < -0.39 is 0 Å². The number of piperazine rings is 1. The molecule has 3 rings (SSSR count). The van der Waals surface area contributed by atoms with Crippen LogP contribution in [0.15, 0.2) is 46.9 Å². The third-order valence-electron chi connectivity index (χ3n) is 5.03. The fourth-order valence-electron chi connectivity index (χ4n) is 3.46. The average molecular weight is 391 g/mol. The van der Waals surface area contributed by atoms with Crippen molar-refractivity contribution in [3.8, 4) is 5.75 Å². The zero-order valence-electron chi connectivity index (χ0n) is 14.3. The molecule has 2 aromatic rings. The van der Waals surface area contributed by atoms with E-state index in [1.54, 1.807) is 15.9 Å². The molecule has 0 unspecified atom stereocenters. The van der Waals surface area contributed by atoms with Crippen molar-refractivity contribution in [3.05, 3.63) is 63.6 Å². The lowest BCUT2D eigenvalue weighted by molar-refractivity contribution is -1.02. The maximum atomic E-state index is 10.0. The molecule has 1 aliphatic rings. The van der Waals surface area contributed by atoms with Crippen LogP contribution in [0.3, 0.4) is 0 Å². The Morgan fingerprint density at radius 2 is 1.46 bits per heavy atom. The first-order chi connectivity index (χ1) is 11.6. The Bertz CT molecular complexity index is 664. The Labute approximate surface area is 153 Å². The lowest BCUT2D eigenvalue weighted by Crippen LogP contribution is -3.27. The smallest absolute Gasteiger partial charge is 0.127 e. The first-order valence-corrected chi connectivity index (χ1v) is 9.65. The number of aromatic hydroxyl groups is 1. The van der Waals surface area contributed by atoms with Crippen LogP contribution in [0.5, 0.6) is 5.75 Å². The van der Waals surface area contributed by atoms with Gasteiger partial charge >= 0.3 is 0 Å². The van der Waals surface area contributed by atoms with Gasteiger partial charge in [0.25, 0.3) is 0 Å². The zero-order chi connectivity index (χ0) is 16.9. The molecule has 0 spiro atoms. The number of quaternary nitrogens is 2. The van der Waals surface area contributed by atoms with Crippen LogP contribution in [-0.2, 0) is 19.5 Å². The number of phenolic OH excluding ortho intramolecular Hbond substituents is 1. The zero-order valence-corrected chi connectivity index (χ0v) is 15.9. The van der Waals surface area contributed by atoms with Crippen LogP contribution in [0.1, 0.15) is 23.6 Å². The molecule has 0 bridgehead atoms. The van der Waals surface area contributed by atoms with E-state index in [0.717, 1.165) is 42.6 Å². The lowest BCUT2D eigenvalue weighted by atomic mass is 10.1. The Morgan fingerprint density at radius 3 is 2.08 bits per heavy atom. The second kappa shape index (κ2) is 8.15. The normalized spacial score (nSPS) is 20.9. The van der Waals surface area contributed by atoms with Crippen LogP contribution in [0.2, 0.25) is 0 Å². The molecule has 1 heterocycles. The number of nitrogens with one attached hydrogen (secondary N) is 2. The lowest BCUT2D eigenvalue weighted by Gasteiger charge is -2.30. The number of phenols is 1. The summed E-state index contributed by atoms with van der Waals surface area (Å²) in [7, 11) is 0. The molecule has 0 aliphatic carbocycles. The first kappa shape index (κ1) is 17.5. The third-order valence-corrected chi connectivity index (χ3v) is 5.52. The molecule has 2 aromatic carbocycles. The molecular weight excluding hydrogens is 364 g/mol. The van der Waals surface area contributed by atoms with Crippen molar-refractivity contribution in [1.29, 1.82) is 0 Å². The fraction of sp³-hybridized carbons (Fsp3) is 0.400. The van der Waals surface area contributed by atoms with Crippen molar-refractivity contribution in [2.45, 2.75) is 26.4 Å². The van der Waals surface area contributed by atoms with Crippen molar-refractivity contribution in [2.24, 2.45) is 0 Å². The van der Waals surface area contributed by atoms with Gasteiger partial charge in [0, 0.05) is 15.6 Å². The monoisotopic (exact) mass is 390 g/mol. The van der Waals surface area contributed by atoms with Crippen molar-refractivity contribution >= 4 is 15.9 Å².